The Bertz CT molecular complexity index is 914. The summed E-state index contributed by atoms with van der Waals surface area (Å²) < 4.78 is 14.7. The van der Waals surface area contributed by atoms with Crippen LogP contribution in [-0.4, -0.2) is 39.0 Å². The molecule has 0 aliphatic carbocycles. The Morgan fingerprint density at radius 3 is 2.62 bits per heavy atom. The van der Waals surface area contributed by atoms with Crippen molar-refractivity contribution in [2.75, 3.05) is 23.7 Å². The van der Waals surface area contributed by atoms with Crippen molar-refractivity contribution < 1.29 is 14.1 Å². The van der Waals surface area contributed by atoms with Gasteiger partial charge in [-0.2, -0.15) is 0 Å². The molecule has 0 aromatic heterocycles. The van der Waals surface area contributed by atoms with Crippen molar-refractivity contribution in [3.05, 3.63) is 48.0 Å². The van der Waals surface area contributed by atoms with Gasteiger partial charge in [-0.1, -0.05) is 6.42 Å². The lowest BCUT2D eigenvalue weighted by Gasteiger charge is -2.27. The highest BCUT2D eigenvalue weighted by molar-refractivity contribution is 8.01. The van der Waals surface area contributed by atoms with E-state index >= 15 is 0 Å². The molecule has 0 bridgehead atoms. The molecule has 2 N–H and O–H groups in total. The van der Waals surface area contributed by atoms with Gasteiger partial charge >= 0.3 is 0 Å². The van der Waals surface area contributed by atoms with E-state index in [0.717, 1.165) is 35.7 Å². The van der Waals surface area contributed by atoms with Gasteiger partial charge in [0.1, 0.15) is 0 Å². The molecule has 6 nitrogen and oxygen atoms in total. The predicted octanol–water partition coefficient (Wildman–Crippen LogP) is 3.88. The number of amides is 2. The minimum absolute atomic E-state index is 0.0580. The van der Waals surface area contributed by atoms with Crippen molar-refractivity contribution in [3.8, 4) is 0 Å². The zero-order valence-electron chi connectivity index (χ0n) is 16.1. The summed E-state index contributed by atoms with van der Waals surface area (Å²) in [5.41, 5.74) is 1.78. The van der Waals surface area contributed by atoms with Crippen molar-refractivity contribution >= 4 is 46.3 Å². The minimum Gasteiger partial charge on any atom is -0.593 e. The molecule has 1 fully saturated rings. The van der Waals surface area contributed by atoms with Gasteiger partial charge in [-0.05, 0) is 62.2 Å². The molecule has 2 unspecified atom stereocenters. The summed E-state index contributed by atoms with van der Waals surface area (Å²) in [6, 6.07) is 12.4. The topological polar surface area (TPSA) is 84.5 Å². The van der Waals surface area contributed by atoms with Gasteiger partial charge in [-0.15, -0.1) is 16.1 Å². The molecule has 2 aromatic rings. The lowest BCUT2D eigenvalue weighted by Crippen LogP contribution is -2.35. The number of benzene rings is 2. The van der Waals surface area contributed by atoms with Crippen LogP contribution >= 0.6 is 11.8 Å². The second-order valence-electron chi connectivity index (χ2n) is 7.18. The van der Waals surface area contributed by atoms with E-state index in [1.54, 1.807) is 36.4 Å². The molecule has 2 aliphatic heterocycles. The molecule has 0 saturated carbocycles. The molecule has 8 heteroatoms. The average molecular weight is 430 g/mol. The Hall–Kier alpha value is -2.00. The summed E-state index contributed by atoms with van der Waals surface area (Å²) in [5.74, 6) is -0.312. The van der Waals surface area contributed by atoms with Gasteiger partial charge in [0.25, 0.3) is 5.91 Å². The second kappa shape index (κ2) is 8.79. The Balaban J connectivity index is 1.42. The fourth-order valence-electron chi connectivity index (χ4n) is 3.39. The Morgan fingerprint density at radius 2 is 1.90 bits per heavy atom. The number of fused-ring (bicyclic) bond motifs is 1. The zero-order valence-corrected chi connectivity index (χ0v) is 17.8. The Labute approximate surface area is 177 Å². The number of thioether (sulfide) groups is 1. The number of carbonyl (C=O) groups excluding carboxylic acids is 2. The molecular weight excluding hydrogens is 406 g/mol. The van der Waals surface area contributed by atoms with Crippen LogP contribution in [0.15, 0.2) is 52.3 Å². The number of nitrogens with zero attached hydrogens (tertiary/aromatic N) is 1. The number of carbonyl (C=O) groups is 2. The number of hydrogen-bond donors (Lipinski definition) is 2. The quantitative estimate of drug-likeness (QED) is 0.721. The molecule has 2 amide bonds. The molecule has 2 aromatic carbocycles. The third kappa shape index (κ3) is 4.61. The molecular formula is C21H23N3O3S2. The van der Waals surface area contributed by atoms with E-state index in [4.69, 9.17) is 0 Å². The summed E-state index contributed by atoms with van der Waals surface area (Å²) >= 11 is 0.327. The number of rotatable bonds is 4. The Morgan fingerprint density at radius 1 is 1.17 bits per heavy atom. The van der Waals surface area contributed by atoms with Crippen molar-refractivity contribution in [2.45, 2.75) is 41.2 Å². The molecule has 152 valence electrons. The van der Waals surface area contributed by atoms with Crippen LogP contribution in [-0.2, 0) is 16.2 Å². The largest absolute Gasteiger partial charge is 0.593 e. The predicted molar refractivity (Wildman–Crippen MR) is 117 cm³/mol. The van der Waals surface area contributed by atoms with E-state index in [1.165, 1.54) is 18.2 Å². The van der Waals surface area contributed by atoms with Gasteiger partial charge in [-0.3, -0.25) is 9.59 Å². The second-order valence-corrected chi connectivity index (χ2v) is 10.0. The molecule has 2 aliphatic rings. The van der Waals surface area contributed by atoms with Crippen LogP contribution in [0.25, 0.3) is 0 Å². The van der Waals surface area contributed by atoms with Crippen molar-refractivity contribution in [1.82, 2.24) is 4.31 Å². The number of anilines is 2. The van der Waals surface area contributed by atoms with Gasteiger partial charge in [0.05, 0.1) is 22.3 Å². The van der Waals surface area contributed by atoms with Crippen LogP contribution in [0.5, 0.6) is 0 Å². The van der Waals surface area contributed by atoms with E-state index < -0.39 is 11.4 Å². The van der Waals surface area contributed by atoms with Crippen LogP contribution in [0.1, 0.15) is 36.5 Å². The minimum atomic E-state index is -1.16. The van der Waals surface area contributed by atoms with Crippen LogP contribution in [0.3, 0.4) is 0 Å². The molecule has 2 heterocycles. The molecule has 0 spiro atoms. The van der Waals surface area contributed by atoms with Crippen LogP contribution in [0, 0.1) is 0 Å². The first kappa shape index (κ1) is 20.3. The smallest absolute Gasteiger partial charge is 0.255 e. The van der Waals surface area contributed by atoms with E-state index in [9.17, 15) is 14.1 Å². The highest BCUT2D eigenvalue weighted by Gasteiger charge is 2.25. The fourth-order valence-corrected chi connectivity index (χ4v) is 5.58. The number of piperidine rings is 1. The lowest BCUT2D eigenvalue weighted by molar-refractivity contribution is -0.115. The first-order chi connectivity index (χ1) is 14.0. The maximum Gasteiger partial charge on any atom is 0.255 e. The maximum absolute atomic E-state index is 12.7. The summed E-state index contributed by atoms with van der Waals surface area (Å²) in [5, 5.41) is 5.56. The third-order valence-electron chi connectivity index (χ3n) is 5.04. The summed E-state index contributed by atoms with van der Waals surface area (Å²) in [7, 11) is 0. The monoisotopic (exact) mass is 429 g/mol. The zero-order chi connectivity index (χ0) is 20.4. The molecule has 2 atom stereocenters. The highest BCUT2D eigenvalue weighted by atomic mass is 32.2. The van der Waals surface area contributed by atoms with Gasteiger partial charge in [0.15, 0.2) is 4.90 Å². The van der Waals surface area contributed by atoms with Crippen LogP contribution < -0.4 is 10.6 Å². The summed E-state index contributed by atoms with van der Waals surface area (Å²) in [6.07, 6.45) is 3.36. The van der Waals surface area contributed by atoms with E-state index in [2.05, 4.69) is 10.6 Å². The molecule has 1 saturated heterocycles. The van der Waals surface area contributed by atoms with Crippen molar-refractivity contribution in [2.24, 2.45) is 0 Å². The average Bonchev–Trinajstić information content (AvgIpc) is 2.75. The van der Waals surface area contributed by atoms with Gasteiger partial charge in [-0.25, -0.2) is 0 Å². The number of nitrogens with one attached hydrogen (secondary N) is 2. The highest BCUT2D eigenvalue weighted by Crippen LogP contribution is 2.36. The normalized spacial score (nSPS) is 20.5. The van der Waals surface area contributed by atoms with Gasteiger partial charge in [0, 0.05) is 29.2 Å². The lowest BCUT2D eigenvalue weighted by atomic mass is 10.1. The van der Waals surface area contributed by atoms with Crippen molar-refractivity contribution in [3.63, 3.8) is 0 Å². The van der Waals surface area contributed by atoms with Crippen molar-refractivity contribution in [1.29, 1.82) is 0 Å². The standard InChI is InChI=1S/C21H23N3O3S2/c1-14-20(25)23-18-13-15(5-10-19(18)28-14)21(26)22-16-6-8-17(9-7-16)29(27)24-11-3-2-4-12-24/h5-10,13-14H,2-4,11-12H2,1H3,(H,22,26)(H,23,25). The third-order valence-corrected chi connectivity index (χ3v) is 7.72. The fraction of sp³-hybridized carbons (Fsp3) is 0.333. The Kier molecular flexibility index (Phi) is 6.15. The molecule has 0 radical (unpaired) electrons. The number of hydrogen-bond acceptors (Lipinski definition) is 5. The van der Waals surface area contributed by atoms with Crippen LogP contribution in [0.2, 0.25) is 0 Å². The first-order valence-corrected chi connectivity index (χ1v) is 11.7. The van der Waals surface area contributed by atoms with Crippen LogP contribution in [0.4, 0.5) is 11.4 Å². The summed E-state index contributed by atoms with van der Waals surface area (Å²) in [6.45, 7) is 3.57. The SMILES string of the molecule is CC1Sc2ccc(C(=O)Nc3ccc([S+]([O-])N4CCCCC4)cc3)cc2NC1=O. The molecule has 4 rings (SSSR count). The van der Waals surface area contributed by atoms with Gasteiger partial charge in [0.2, 0.25) is 5.91 Å². The summed E-state index contributed by atoms with van der Waals surface area (Å²) in [4.78, 5) is 26.2. The molecule has 29 heavy (non-hydrogen) atoms. The van der Waals surface area contributed by atoms with E-state index in [1.807, 2.05) is 17.3 Å². The van der Waals surface area contributed by atoms with E-state index in [0.29, 0.717) is 16.9 Å². The van der Waals surface area contributed by atoms with E-state index in [-0.39, 0.29) is 17.1 Å². The maximum atomic E-state index is 12.7. The van der Waals surface area contributed by atoms with Gasteiger partial charge < -0.3 is 15.2 Å². The first-order valence-electron chi connectivity index (χ1n) is 9.71.